The Morgan fingerprint density at radius 1 is 1.26 bits per heavy atom. The summed E-state index contributed by atoms with van der Waals surface area (Å²) in [6.45, 7) is 6.15. The van der Waals surface area contributed by atoms with Crippen LogP contribution in [0.2, 0.25) is 0 Å². The van der Waals surface area contributed by atoms with Crippen LogP contribution < -0.4 is 10.1 Å². The smallest absolute Gasteiger partial charge is 0.142 e. The van der Waals surface area contributed by atoms with Crippen LogP contribution in [-0.4, -0.2) is 11.7 Å². The molecule has 0 radical (unpaired) electrons. The Labute approximate surface area is 115 Å². The van der Waals surface area contributed by atoms with Crippen molar-refractivity contribution in [3.8, 4) is 5.75 Å². The van der Waals surface area contributed by atoms with Gasteiger partial charge in [0.15, 0.2) is 0 Å². The van der Waals surface area contributed by atoms with Gasteiger partial charge in [0.25, 0.3) is 0 Å². The maximum atomic E-state index is 5.39. The van der Waals surface area contributed by atoms with Crippen molar-refractivity contribution in [2.24, 2.45) is 0 Å². The Morgan fingerprint density at radius 2 is 2.11 bits per heavy atom. The molecule has 1 heterocycles. The molecule has 3 nitrogen and oxygen atoms in total. The van der Waals surface area contributed by atoms with Crippen LogP contribution in [0, 0.1) is 6.92 Å². The molecular weight excluding hydrogens is 236 g/mol. The van der Waals surface area contributed by atoms with E-state index in [0.717, 1.165) is 30.9 Å². The van der Waals surface area contributed by atoms with Crippen molar-refractivity contribution in [1.82, 2.24) is 4.57 Å². The Bertz CT molecular complexity index is 531. The van der Waals surface area contributed by atoms with E-state index in [9.17, 15) is 0 Å². The van der Waals surface area contributed by atoms with E-state index in [0.29, 0.717) is 0 Å². The summed E-state index contributed by atoms with van der Waals surface area (Å²) in [4.78, 5) is 0. The molecule has 2 rings (SSSR count). The highest BCUT2D eigenvalue weighted by molar-refractivity contribution is 5.57. The van der Waals surface area contributed by atoms with Crippen molar-refractivity contribution in [2.75, 3.05) is 12.4 Å². The quantitative estimate of drug-likeness (QED) is 0.852. The van der Waals surface area contributed by atoms with E-state index in [1.165, 1.54) is 11.1 Å². The van der Waals surface area contributed by atoms with Crippen molar-refractivity contribution in [3.63, 3.8) is 0 Å². The molecule has 0 aliphatic rings. The minimum atomic E-state index is 0.816. The van der Waals surface area contributed by atoms with Crippen molar-refractivity contribution < 1.29 is 4.74 Å². The number of ether oxygens (including phenoxy) is 1. The molecule has 0 atom stereocenters. The van der Waals surface area contributed by atoms with E-state index in [2.05, 4.69) is 54.3 Å². The van der Waals surface area contributed by atoms with Gasteiger partial charge in [-0.05, 0) is 42.7 Å². The molecule has 0 spiro atoms. The molecule has 0 amide bonds. The molecule has 102 valence electrons. The van der Waals surface area contributed by atoms with E-state index < -0.39 is 0 Å². The predicted octanol–water partition coefficient (Wildman–Crippen LogP) is 3.83. The summed E-state index contributed by atoms with van der Waals surface area (Å²) in [6, 6.07) is 8.36. The molecule has 0 bridgehead atoms. The number of hydrogen-bond donors (Lipinski definition) is 1. The fourth-order valence-electron chi connectivity index (χ4n) is 2.13. The van der Waals surface area contributed by atoms with Crippen LogP contribution in [0.4, 0.5) is 5.69 Å². The van der Waals surface area contributed by atoms with Crippen molar-refractivity contribution >= 4 is 5.69 Å². The highest BCUT2D eigenvalue weighted by atomic mass is 16.5. The number of aryl methyl sites for hydroxylation is 2. The third-order valence-corrected chi connectivity index (χ3v) is 3.13. The lowest BCUT2D eigenvalue weighted by Crippen LogP contribution is -2.01. The average Bonchev–Trinajstić information content (AvgIpc) is 2.85. The molecule has 1 aromatic heterocycles. The summed E-state index contributed by atoms with van der Waals surface area (Å²) >= 11 is 0. The largest absolute Gasteiger partial charge is 0.495 e. The van der Waals surface area contributed by atoms with Gasteiger partial charge in [-0.25, -0.2) is 0 Å². The zero-order valence-corrected chi connectivity index (χ0v) is 11.9. The summed E-state index contributed by atoms with van der Waals surface area (Å²) in [7, 11) is 1.71. The third kappa shape index (κ3) is 3.53. The van der Waals surface area contributed by atoms with E-state index in [1.54, 1.807) is 7.11 Å². The van der Waals surface area contributed by atoms with Gasteiger partial charge in [0.1, 0.15) is 5.75 Å². The molecular formula is C16H22N2O. The molecule has 3 heteroatoms. The van der Waals surface area contributed by atoms with Crippen molar-refractivity contribution in [2.45, 2.75) is 33.4 Å². The second-order valence-corrected chi connectivity index (χ2v) is 4.81. The normalized spacial score (nSPS) is 10.5. The van der Waals surface area contributed by atoms with Gasteiger partial charge in [-0.1, -0.05) is 13.0 Å². The molecule has 0 saturated heterocycles. The maximum absolute atomic E-state index is 5.39. The Kier molecular flexibility index (Phi) is 4.50. The predicted molar refractivity (Wildman–Crippen MR) is 79.8 cm³/mol. The van der Waals surface area contributed by atoms with Crippen molar-refractivity contribution in [3.05, 3.63) is 47.8 Å². The maximum Gasteiger partial charge on any atom is 0.142 e. The number of hydrogen-bond acceptors (Lipinski definition) is 2. The summed E-state index contributed by atoms with van der Waals surface area (Å²) < 4.78 is 7.62. The number of aromatic nitrogens is 1. The Hall–Kier alpha value is -1.90. The number of methoxy groups -OCH3 is 1. The van der Waals surface area contributed by atoms with Gasteiger partial charge >= 0.3 is 0 Å². The number of benzene rings is 1. The van der Waals surface area contributed by atoms with Gasteiger partial charge in [-0.3, -0.25) is 0 Å². The monoisotopic (exact) mass is 258 g/mol. The number of rotatable bonds is 6. The molecule has 0 unspecified atom stereocenters. The minimum absolute atomic E-state index is 0.816. The van der Waals surface area contributed by atoms with Gasteiger partial charge in [0, 0.05) is 25.5 Å². The Morgan fingerprint density at radius 3 is 2.84 bits per heavy atom. The molecule has 0 aliphatic carbocycles. The first-order valence-electron chi connectivity index (χ1n) is 6.76. The van der Waals surface area contributed by atoms with Crippen molar-refractivity contribution in [1.29, 1.82) is 0 Å². The van der Waals surface area contributed by atoms with E-state index in [-0.39, 0.29) is 0 Å². The summed E-state index contributed by atoms with van der Waals surface area (Å²) in [5.41, 5.74) is 3.53. The first kappa shape index (κ1) is 13.5. The van der Waals surface area contributed by atoms with E-state index in [4.69, 9.17) is 4.74 Å². The van der Waals surface area contributed by atoms with E-state index >= 15 is 0 Å². The van der Waals surface area contributed by atoms with Gasteiger partial charge < -0.3 is 14.6 Å². The van der Waals surface area contributed by atoms with Crippen LogP contribution in [0.1, 0.15) is 24.5 Å². The molecule has 0 fully saturated rings. The molecule has 19 heavy (non-hydrogen) atoms. The zero-order valence-electron chi connectivity index (χ0n) is 11.9. The van der Waals surface area contributed by atoms with Crippen LogP contribution in [0.5, 0.6) is 5.75 Å². The van der Waals surface area contributed by atoms with Gasteiger partial charge in [0.05, 0.1) is 12.8 Å². The fraction of sp³-hybridized carbons (Fsp3) is 0.375. The van der Waals surface area contributed by atoms with Gasteiger partial charge in [0.2, 0.25) is 0 Å². The number of nitrogens with zero attached hydrogens (tertiary/aromatic N) is 1. The first-order chi connectivity index (χ1) is 9.22. The van der Waals surface area contributed by atoms with Crippen LogP contribution >= 0.6 is 0 Å². The summed E-state index contributed by atoms with van der Waals surface area (Å²) in [6.07, 6.45) is 5.48. The molecule has 0 saturated carbocycles. The highest BCUT2D eigenvalue weighted by Crippen LogP contribution is 2.25. The van der Waals surface area contributed by atoms with Crippen LogP contribution in [0.3, 0.4) is 0 Å². The fourth-order valence-corrected chi connectivity index (χ4v) is 2.13. The summed E-state index contributed by atoms with van der Waals surface area (Å²) in [5.74, 6) is 0.896. The average molecular weight is 258 g/mol. The lowest BCUT2D eigenvalue weighted by atomic mass is 10.2. The number of nitrogens with one attached hydrogen (secondary N) is 1. The Balaban J connectivity index is 2.01. The van der Waals surface area contributed by atoms with E-state index in [1.807, 2.05) is 6.07 Å². The number of anilines is 1. The van der Waals surface area contributed by atoms with Gasteiger partial charge in [-0.2, -0.15) is 0 Å². The zero-order chi connectivity index (χ0) is 13.7. The summed E-state index contributed by atoms with van der Waals surface area (Å²) in [5, 5.41) is 3.42. The van der Waals surface area contributed by atoms with Crippen LogP contribution in [-0.2, 0) is 13.1 Å². The topological polar surface area (TPSA) is 26.2 Å². The second kappa shape index (κ2) is 6.32. The highest BCUT2D eigenvalue weighted by Gasteiger charge is 2.03. The standard InChI is InChI=1S/C16H22N2O/c1-4-8-18-9-7-14(12-18)11-17-15-6-5-13(2)10-16(15)19-3/h5-7,9-10,12,17H,4,8,11H2,1-3H3. The van der Waals surface area contributed by atoms with Crippen LogP contribution in [0.25, 0.3) is 0 Å². The third-order valence-electron chi connectivity index (χ3n) is 3.13. The molecule has 0 aliphatic heterocycles. The van der Waals surface area contributed by atoms with Gasteiger partial charge in [-0.15, -0.1) is 0 Å². The molecule has 2 aromatic rings. The lowest BCUT2D eigenvalue weighted by Gasteiger charge is -2.11. The SMILES string of the molecule is CCCn1ccc(CNc2ccc(C)cc2OC)c1. The molecule has 1 N–H and O–H groups in total. The molecule has 1 aromatic carbocycles. The lowest BCUT2D eigenvalue weighted by molar-refractivity contribution is 0.416. The van der Waals surface area contributed by atoms with Crippen LogP contribution in [0.15, 0.2) is 36.7 Å². The first-order valence-corrected chi connectivity index (χ1v) is 6.76. The minimum Gasteiger partial charge on any atom is -0.495 e. The second-order valence-electron chi connectivity index (χ2n) is 4.81.